The number of carbonyl (C=O) groups excluding carboxylic acids is 2. The van der Waals surface area contributed by atoms with Crippen LogP contribution in [-0.4, -0.2) is 28.3 Å². The van der Waals surface area contributed by atoms with Crippen molar-refractivity contribution in [2.24, 2.45) is 0 Å². The van der Waals surface area contributed by atoms with Gasteiger partial charge in [-0.05, 0) is 49.6 Å². The number of hydrogen-bond acceptors (Lipinski definition) is 2. The van der Waals surface area contributed by atoms with E-state index in [0.717, 1.165) is 16.7 Å². The summed E-state index contributed by atoms with van der Waals surface area (Å²) >= 11 is 0. The largest absolute Gasteiger partial charge is 0.350 e. The predicted molar refractivity (Wildman–Crippen MR) is 129 cm³/mol. The molecule has 1 unspecified atom stereocenters. The van der Waals surface area contributed by atoms with Gasteiger partial charge in [-0.25, -0.2) is 4.39 Å². The second kappa shape index (κ2) is 10.9. The number of carbonyl (C=O) groups is 2. The van der Waals surface area contributed by atoms with E-state index in [0.29, 0.717) is 6.42 Å². The number of nitrogens with zero attached hydrogens (tertiary/aromatic N) is 1. The Hall–Kier alpha value is -3.47. The Labute approximate surface area is 195 Å². The van der Waals surface area contributed by atoms with Gasteiger partial charge in [-0.2, -0.15) is 0 Å². The zero-order valence-corrected chi connectivity index (χ0v) is 19.4. The highest BCUT2D eigenvalue weighted by molar-refractivity contribution is 5.89. The first-order valence-corrected chi connectivity index (χ1v) is 11.1. The van der Waals surface area contributed by atoms with Gasteiger partial charge in [-0.15, -0.1) is 0 Å². The summed E-state index contributed by atoms with van der Waals surface area (Å²) in [5, 5.41) is 3.04. The van der Waals surface area contributed by atoms with E-state index in [9.17, 15) is 14.0 Å². The molecule has 0 fully saturated rings. The molecule has 33 heavy (non-hydrogen) atoms. The molecule has 5 heteroatoms. The first-order chi connectivity index (χ1) is 15.7. The fourth-order valence-electron chi connectivity index (χ4n) is 3.67. The Morgan fingerprint density at radius 2 is 1.36 bits per heavy atom. The summed E-state index contributed by atoms with van der Waals surface area (Å²) in [6, 6.07) is 24.5. The maximum absolute atomic E-state index is 13.6. The fraction of sp³-hybridized carbons (Fsp3) is 0.286. The molecule has 1 atom stereocenters. The predicted octanol–water partition coefficient (Wildman–Crippen LogP) is 4.92. The topological polar surface area (TPSA) is 49.4 Å². The zero-order chi connectivity index (χ0) is 23.8. The normalized spacial score (nSPS) is 12.1. The molecule has 0 aliphatic carbocycles. The average molecular weight is 447 g/mol. The van der Waals surface area contributed by atoms with Gasteiger partial charge >= 0.3 is 0 Å². The Kier molecular flexibility index (Phi) is 7.99. The Bertz CT molecular complexity index is 1040. The summed E-state index contributed by atoms with van der Waals surface area (Å²) in [4.78, 5) is 28.6. The third-order valence-corrected chi connectivity index (χ3v) is 5.23. The highest BCUT2D eigenvalue weighted by Gasteiger charge is 2.32. The minimum absolute atomic E-state index is 0.157. The molecule has 1 N–H and O–H groups in total. The van der Waals surface area contributed by atoms with Crippen LogP contribution in [0, 0.1) is 5.82 Å². The van der Waals surface area contributed by atoms with Crippen molar-refractivity contribution in [3.63, 3.8) is 0 Å². The second-order valence-corrected chi connectivity index (χ2v) is 9.26. The number of nitrogens with one attached hydrogen (secondary N) is 1. The minimum Gasteiger partial charge on any atom is -0.350 e. The molecule has 2 amide bonds. The van der Waals surface area contributed by atoms with Gasteiger partial charge in [0.25, 0.3) is 0 Å². The van der Waals surface area contributed by atoms with Crippen LogP contribution < -0.4 is 5.32 Å². The van der Waals surface area contributed by atoms with Gasteiger partial charge in [0.05, 0.1) is 6.42 Å². The van der Waals surface area contributed by atoms with Gasteiger partial charge in [0.2, 0.25) is 11.8 Å². The molecule has 0 aliphatic rings. The summed E-state index contributed by atoms with van der Waals surface area (Å²) < 4.78 is 13.5. The molecular weight excluding hydrogens is 415 g/mol. The maximum atomic E-state index is 13.6. The van der Waals surface area contributed by atoms with Gasteiger partial charge < -0.3 is 10.2 Å². The molecule has 0 radical (unpaired) electrons. The van der Waals surface area contributed by atoms with Crippen LogP contribution in [0.25, 0.3) is 0 Å². The van der Waals surface area contributed by atoms with E-state index < -0.39 is 11.6 Å². The number of halogens is 1. The van der Waals surface area contributed by atoms with Crippen LogP contribution in [0.1, 0.15) is 37.5 Å². The van der Waals surface area contributed by atoms with Crippen molar-refractivity contribution in [2.45, 2.75) is 51.7 Å². The van der Waals surface area contributed by atoms with Crippen molar-refractivity contribution in [1.29, 1.82) is 0 Å². The Balaban J connectivity index is 1.97. The van der Waals surface area contributed by atoms with Gasteiger partial charge in [-0.1, -0.05) is 72.8 Å². The van der Waals surface area contributed by atoms with Crippen LogP contribution in [-0.2, 0) is 29.0 Å². The lowest BCUT2D eigenvalue weighted by Crippen LogP contribution is -2.54. The van der Waals surface area contributed by atoms with Crippen LogP contribution in [0.3, 0.4) is 0 Å². The molecule has 0 aromatic heterocycles. The SMILES string of the molecule is CC(C)(C)NC(=O)C(Cc1ccccc1)N(Cc1ccc(F)cc1)C(=O)Cc1ccccc1. The third-order valence-electron chi connectivity index (χ3n) is 5.23. The zero-order valence-electron chi connectivity index (χ0n) is 19.4. The van der Waals surface area contributed by atoms with E-state index >= 15 is 0 Å². The van der Waals surface area contributed by atoms with Gasteiger partial charge in [0.15, 0.2) is 0 Å². The monoisotopic (exact) mass is 446 g/mol. The van der Waals surface area contributed by atoms with E-state index in [2.05, 4.69) is 5.32 Å². The highest BCUT2D eigenvalue weighted by atomic mass is 19.1. The summed E-state index contributed by atoms with van der Waals surface area (Å²) in [5.74, 6) is -0.711. The molecular formula is C28H31FN2O2. The Morgan fingerprint density at radius 3 is 1.91 bits per heavy atom. The lowest BCUT2D eigenvalue weighted by atomic mass is 10.00. The van der Waals surface area contributed by atoms with Crippen LogP contribution in [0.5, 0.6) is 0 Å². The molecule has 0 spiro atoms. The smallest absolute Gasteiger partial charge is 0.243 e. The van der Waals surface area contributed by atoms with Gasteiger partial charge in [0, 0.05) is 18.5 Å². The number of hydrogen-bond donors (Lipinski definition) is 1. The molecule has 0 saturated heterocycles. The molecule has 3 aromatic carbocycles. The van der Waals surface area contributed by atoms with Crippen molar-refractivity contribution >= 4 is 11.8 Å². The number of rotatable bonds is 8. The van der Waals surface area contributed by atoms with E-state index in [1.807, 2.05) is 81.4 Å². The average Bonchev–Trinajstić information content (AvgIpc) is 2.77. The standard InChI is InChI=1S/C28H31FN2O2/c1-28(2,3)30-27(33)25(18-21-10-6-4-7-11-21)31(20-23-14-16-24(29)17-15-23)26(32)19-22-12-8-5-9-13-22/h4-17,25H,18-20H2,1-3H3,(H,30,33). The summed E-state index contributed by atoms with van der Waals surface area (Å²) in [5.41, 5.74) is 2.15. The lowest BCUT2D eigenvalue weighted by molar-refractivity contribution is -0.141. The summed E-state index contributed by atoms with van der Waals surface area (Å²) in [7, 11) is 0. The van der Waals surface area contributed by atoms with Crippen molar-refractivity contribution in [1.82, 2.24) is 10.2 Å². The molecule has 0 aliphatic heterocycles. The van der Waals surface area contributed by atoms with Crippen molar-refractivity contribution in [2.75, 3.05) is 0 Å². The minimum atomic E-state index is -0.715. The van der Waals surface area contributed by atoms with Crippen molar-refractivity contribution in [3.05, 3.63) is 107 Å². The highest BCUT2D eigenvalue weighted by Crippen LogP contribution is 2.18. The second-order valence-electron chi connectivity index (χ2n) is 9.26. The maximum Gasteiger partial charge on any atom is 0.243 e. The molecule has 0 heterocycles. The third kappa shape index (κ3) is 7.56. The van der Waals surface area contributed by atoms with Crippen molar-refractivity contribution < 1.29 is 14.0 Å². The summed E-state index contributed by atoms with van der Waals surface area (Å²) in [6.07, 6.45) is 0.556. The van der Waals surface area contributed by atoms with Crippen molar-refractivity contribution in [3.8, 4) is 0 Å². The van der Waals surface area contributed by atoms with E-state index in [-0.39, 0.29) is 30.6 Å². The van der Waals surface area contributed by atoms with E-state index in [1.165, 1.54) is 12.1 Å². The Morgan fingerprint density at radius 1 is 0.818 bits per heavy atom. The number of amides is 2. The van der Waals surface area contributed by atoms with Crippen LogP contribution >= 0.6 is 0 Å². The molecule has 3 rings (SSSR count). The fourth-order valence-corrected chi connectivity index (χ4v) is 3.67. The molecule has 0 bridgehead atoms. The van der Waals surface area contributed by atoms with Crippen LogP contribution in [0.4, 0.5) is 4.39 Å². The van der Waals surface area contributed by atoms with Gasteiger partial charge in [-0.3, -0.25) is 9.59 Å². The van der Waals surface area contributed by atoms with E-state index in [4.69, 9.17) is 0 Å². The van der Waals surface area contributed by atoms with Crippen LogP contribution in [0.2, 0.25) is 0 Å². The number of benzene rings is 3. The molecule has 172 valence electrons. The molecule has 3 aromatic rings. The first kappa shape index (κ1) is 24.2. The lowest BCUT2D eigenvalue weighted by Gasteiger charge is -2.34. The first-order valence-electron chi connectivity index (χ1n) is 11.1. The summed E-state index contributed by atoms with van der Waals surface area (Å²) in [6.45, 7) is 5.96. The molecule has 0 saturated carbocycles. The van der Waals surface area contributed by atoms with Crippen LogP contribution in [0.15, 0.2) is 84.9 Å². The quantitative estimate of drug-likeness (QED) is 0.534. The molecule has 4 nitrogen and oxygen atoms in total. The van der Waals surface area contributed by atoms with E-state index in [1.54, 1.807) is 17.0 Å². The van der Waals surface area contributed by atoms with Gasteiger partial charge in [0.1, 0.15) is 11.9 Å².